The predicted octanol–water partition coefficient (Wildman–Crippen LogP) is 1.63. The molecule has 1 aromatic carbocycles. The van der Waals surface area contributed by atoms with E-state index in [0.29, 0.717) is 43.6 Å². The second-order valence-corrected chi connectivity index (χ2v) is 14.2. The molecule has 5 aliphatic carbocycles. The third kappa shape index (κ3) is 3.43. The third-order valence-corrected chi connectivity index (χ3v) is 13.0. The average molecular weight is 615 g/mol. The van der Waals surface area contributed by atoms with Crippen LogP contribution < -0.4 is 5.73 Å². The van der Waals surface area contributed by atoms with Gasteiger partial charge in [0.2, 0.25) is 0 Å². The number of para-hydroxylation sites is 1. The molecule has 6 aliphatic rings. The summed E-state index contributed by atoms with van der Waals surface area (Å²) >= 11 is 0. The van der Waals surface area contributed by atoms with E-state index in [1.54, 1.807) is 45.6 Å². The summed E-state index contributed by atoms with van der Waals surface area (Å²) in [7, 11) is 4.93. The number of rotatable bonds is 8. The van der Waals surface area contributed by atoms with Crippen LogP contribution in [-0.4, -0.2) is 110 Å². The van der Waals surface area contributed by atoms with Gasteiger partial charge in [0.05, 0.1) is 36.5 Å². The molecule has 1 aromatic rings. The van der Waals surface area contributed by atoms with Crippen molar-refractivity contribution in [1.82, 2.24) is 4.90 Å². The highest BCUT2D eigenvalue weighted by molar-refractivity contribution is 5.95. The van der Waals surface area contributed by atoms with Gasteiger partial charge in [-0.25, -0.2) is 4.79 Å². The van der Waals surface area contributed by atoms with Crippen molar-refractivity contribution < 1.29 is 43.5 Å². The SMILES string of the molecule is CCN1C[C@]2(COC(=O)c3ccccc3N)CC[C@H](OC)[C@]34C1[C@](O)([C@@H](OC)[C@H]23)[C@@]1(O)C[C@H](OC)[C@H]2C[C@@H]4[C@@H]1[C@H]2OC(C)=O. The third-order valence-electron chi connectivity index (χ3n) is 13.0. The number of hydrogen-bond acceptors (Lipinski definition) is 11. The maximum absolute atomic E-state index is 13.4. The number of nitrogens with zero attached hydrogens (tertiary/aromatic N) is 1. The number of nitrogen functional groups attached to an aromatic ring is 1. The largest absolute Gasteiger partial charge is 0.462 e. The first-order valence-electron chi connectivity index (χ1n) is 16.0. The molecule has 4 N–H and O–H groups in total. The molecule has 6 fully saturated rings. The Balaban J connectivity index is 1.41. The number of hydrogen-bond donors (Lipinski definition) is 3. The summed E-state index contributed by atoms with van der Waals surface area (Å²) < 4.78 is 30.9. The van der Waals surface area contributed by atoms with Gasteiger partial charge in [0, 0.05) is 75.5 Å². The molecule has 7 bridgehead atoms. The summed E-state index contributed by atoms with van der Waals surface area (Å²) in [6.07, 6.45) is 0.126. The summed E-state index contributed by atoms with van der Waals surface area (Å²) in [5.74, 6) is -2.07. The lowest BCUT2D eigenvalue weighted by Gasteiger charge is -2.70. The molecule has 1 aliphatic heterocycles. The lowest BCUT2D eigenvalue weighted by molar-refractivity contribution is -0.319. The Morgan fingerprint density at radius 1 is 1.11 bits per heavy atom. The molecule has 5 saturated carbocycles. The number of fused-ring (bicyclic) bond motifs is 2. The number of benzene rings is 1. The van der Waals surface area contributed by atoms with E-state index in [-0.39, 0.29) is 36.9 Å². The monoisotopic (exact) mass is 614 g/mol. The van der Waals surface area contributed by atoms with E-state index in [1.165, 1.54) is 6.92 Å². The first-order chi connectivity index (χ1) is 21.0. The number of ether oxygens (including phenoxy) is 5. The number of esters is 2. The Hall–Kier alpha value is -2.28. The molecule has 0 radical (unpaired) electrons. The van der Waals surface area contributed by atoms with Gasteiger partial charge in [0.15, 0.2) is 0 Å². The molecule has 7 rings (SSSR count). The number of methoxy groups -OCH3 is 3. The van der Waals surface area contributed by atoms with Crippen molar-refractivity contribution in [3.63, 3.8) is 0 Å². The summed E-state index contributed by atoms with van der Waals surface area (Å²) in [4.78, 5) is 28.2. The van der Waals surface area contributed by atoms with E-state index in [2.05, 4.69) is 11.8 Å². The van der Waals surface area contributed by atoms with Crippen molar-refractivity contribution in [2.45, 2.75) is 81.2 Å². The summed E-state index contributed by atoms with van der Waals surface area (Å²) in [5, 5.41) is 26.4. The fraction of sp³-hybridized carbons (Fsp3) is 0.758. The van der Waals surface area contributed by atoms with Crippen LogP contribution in [0.15, 0.2) is 24.3 Å². The number of aliphatic hydroxyl groups is 2. The van der Waals surface area contributed by atoms with E-state index in [1.807, 2.05) is 0 Å². The normalized spacial score (nSPS) is 48.2. The number of likely N-dealkylation sites (N-methyl/N-ethyl adjacent to an activating group) is 1. The van der Waals surface area contributed by atoms with Crippen molar-refractivity contribution in [3.8, 4) is 0 Å². The average Bonchev–Trinajstić information content (AvgIpc) is 3.39. The minimum Gasteiger partial charge on any atom is -0.462 e. The van der Waals surface area contributed by atoms with Crippen molar-refractivity contribution in [3.05, 3.63) is 29.8 Å². The van der Waals surface area contributed by atoms with Crippen molar-refractivity contribution >= 4 is 17.6 Å². The summed E-state index contributed by atoms with van der Waals surface area (Å²) in [6, 6.07) is 6.38. The highest BCUT2D eigenvalue weighted by Crippen LogP contribution is 2.80. The first-order valence-corrected chi connectivity index (χ1v) is 16.0. The van der Waals surface area contributed by atoms with Crippen LogP contribution in [0.3, 0.4) is 0 Å². The van der Waals surface area contributed by atoms with Crippen LogP contribution in [0.5, 0.6) is 0 Å². The molecule has 11 nitrogen and oxygen atoms in total. The Morgan fingerprint density at radius 3 is 2.50 bits per heavy atom. The number of anilines is 1. The highest BCUT2D eigenvalue weighted by Gasteiger charge is 2.92. The number of carbonyl (C=O) groups is 2. The Labute approximate surface area is 258 Å². The fourth-order valence-electron chi connectivity index (χ4n) is 12.0. The molecule has 1 spiro atoms. The Morgan fingerprint density at radius 2 is 1.86 bits per heavy atom. The summed E-state index contributed by atoms with van der Waals surface area (Å²) in [6.45, 7) is 4.73. The van der Waals surface area contributed by atoms with E-state index in [9.17, 15) is 19.8 Å². The fourth-order valence-corrected chi connectivity index (χ4v) is 12.0. The van der Waals surface area contributed by atoms with Crippen LogP contribution in [0.2, 0.25) is 0 Å². The summed E-state index contributed by atoms with van der Waals surface area (Å²) in [5.41, 5.74) is 2.10. The smallest absolute Gasteiger partial charge is 0.340 e. The van der Waals surface area contributed by atoms with E-state index < -0.39 is 64.2 Å². The van der Waals surface area contributed by atoms with Crippen LogP contribution in [0, 0.1) is 34.5 Å². The van der Waals surface area contributed by atoms with Crippen molar-refractivity contribution in [2.24, 2.45) is 34.5 Å². The molecule has 11 heteroatoms. The minimum absolute atomic E-state index is 0.107. The molecule has 0 aromatic heterocycles. The second-order valence-electron chi connectivity index (χ2n) is 14.2. The molecule has 44 heavy (non-hydrogen) atoms. The van der Waals surface area contributed by atoms with Crippen LogP contribution in [-0.2, 0) is 28.5 Å². The van der Waals surface area contributed by atoms with Gasteiger partial charge in [0.25, 0.3) is 0 Å². The lowest BCUT2D eigenvalue weighted by Crippen LogP contribution is -2.82. The minimum atomic E-state index is -1.75. The molecule has 1 heterocycles. The molecule has 13 atom stereocenters. The zero-order valence-electron chi connectivity index (χ0n) is 26.2. The zero-order valence-corrected chi connectivity index (χ0v) is 26.2. The number of piperidine rings is 1. The van der Waals surface area contributed by atoms with Gasteiger partial charge in [-0.05, 0) is 43.9 Å². The molecule has 1 unspecified atom stereocenters. The van der Waals surface area contributed by atoms with Gasteiger partial charge in [-0.15, -0.1) is 0 Å². The zero-order chi connectivity index (χ0) is 31.4. The molecular weight excluding hydrogens is 568 g/mol. The number of likely N-dealkylation sites (tertiary alicyclic amines) is 1. The predicted molar refractivity (Wildman–Crippen MR) is 157 cm³/mol. The van der Waals surface area contributed by atoms with Crippen LogP contribution in [0.4, 0.5) is 5.69 Å². The molecule has 242 valence electrons. The van der Waals surface area contributed by atoms with Gasteiger partial charge in [-0.3, -0.25) is 9.69 Å². The molecule has 1 saturated heterocycles. The lowest BCUT2D eigenvalue weighted by atomic mass is 9.42. The van der Waals surface area contributed by atoms with Gasteiger partial charge < -0.3 is 39.6 Å². The van der Waals surface area contributed by atoms with Crippen LogP contribution in [0.25, 0.3) is 0 Å². The number of carbonyl (C=O) groups excluding carboxylic acids is 2. The highest BCUT2D eigenvalue weighted by atomic mass is 16.6. The molecular formula is C33H46N2O9. The van der Waals surface area contributed by atoms with Crippen LogP contribution in [0.1, 0.15) is 49.9 Å². The Bertz CT molecular complexity index is 1340. The van der Waals surface area contributed by atoms with E-state index in [4.69, 9.17) is 29.4 Å². The van der Waals surface area contributed by atoms with Crippen molar-refractivity contribution in [2.75, 3.05) is 46.8 Å². The van der Waals surface area contributed by atoms with Gasteiger partial charge >= 0.3 is 11.9 Å². The molecule has 0 amide bonds. The maximum atomic E-state index is 13.4. The second kappa shape index (κ2) is 10.1. The van der Waals surface area contributed by atoms with Crippen LogP contribution >= 0.6 is 0 Å². The van der Waals surface area contributed by atoms with Crippen molar-refractivity contribution in [1.29, 1.82) is 0 Å². The maximum Gasteiger partial charge on any atom is 0.340 e. The van der Waals surface area contributed by atoms with E-state index in [0.717, 1.165) is 0 Å². The number of nitrogens with two attached hydrogens (primary N) is 1. The van der Waals surface area contributed by atoms with Gasteiger partial charge in [0.1, 0.15) is 17.3 Å². The standard InChI is InChI=1S/C33H46N2O9/c1-6-35-15-30(16-43-28(37)18-9-7-8-10-21(18)34)12-11-23(41-4)32-20-13-19-22(40-3)14-31(38,24(20)25(19)44-17(2)36)33(39,29(32)35)27(42-5)26(30)32/h7-10,19-20,22-27,29,38-39H,6,11-16,34H2,1-5H3/t19-,20-,22+,23+,24-,25+,26-,27+,29?,30+,31-,32+,33-/m1/s1. The van der Waals surface area contributed by atoms with Gasteiger partial charge in [-0.1, -0.05) is 19.1 Å². The van der Waals surface area contributed by atoms with Gasteiger partial charge in [-0.2, -0.15) is 0 Å². The Kier molecular flexibility index (Phi) is 6.98. The quantitative estimate of drug-likeness (QED) is 0.290. The topological polar surface area (TPSA) is 150 Å². The first kappa shape index (κ1) is 30.4. The van der Waals surface area contributed by atoms with E-state index >= 15 is 0 Å².